The highest BCUT2D eigenvalue weighted by Crippen LogP contribution is 2.25. The SMILES string of the molecule is O=C(CCCc1nc(-c2ccc(F)cc2)no1)N(CC1CCCO1)C1CCSC1. The largest absolute Gasteiger partial charge is 0.376 e. The van der Waals surface area contributed by atoms with Gasteiger partial charge in [0.2, 0.25) is 17.6 Å². The lowest BCUT2D eigenvalue weighted by Crippen LogP contribution is -2.44. The third-order valence-electron chi connectivity index (χ3n) is 5.44. The van der Waals surface area contributed by atoms with Crippen LogP contribution < -0.4 is 0 Å². The number of amides is 1. The Bertz CT molecular complexity index is 802. The molecule has 8 heteroatoms. The summed E-state index contributed by atoms with van der Waals surface area (Å²) in [7, 11) is 0. The van der Waals surface area contributed by atoms with Crippen LogP contribution in [0, 0.1) is 5.82 Å². The lowest BCUT2D eigenvalue weighted by atomic mass is 10.1. The summed E-state index contributed by atoms with van der Waals surface area (Å²) in [5.74, 6) is 2.96. The Morgan fingerprint density at radius 1 is 1.28 bits per heavy atom. The maximum atomic E-state index is 13.0. The number of halogens is 1. The van der Waals surface area contributed by atoms with Gasteiger partial charge in [-0.25, -0.2) is 4.39 Å². The van der Waals surface area contributed by atoms with E-state index in [-0.39, 0.29) is 17.8 Å². The Kier molecular flexibility index (Phi) is 6.82. The number of carbonyl (C=O) groups is 1. The van der Waals surface area contributed by atoms with Gasteiger partial charge in [-0.05, 0) is 55.7 Å². The maximum absolute atomic E-state index is 13.0. The molecule has 2 aliphatic heterocycles. The minimum atomic E-state index is -0.302. The van der Waals surface area contributed by atoms with E-state index in [1.165, 1.54) is 12.1 Å². The lowest BCUT2D eigenvalue weighted by Gasteiger charge is -2.31. The molecule has 2 saturated heterocycles. The van der Waals surface area contributed by atoms with E-state index in [2.05, 4.69) is 10.1 Å². The predicted molar refractivity (Wildman–Crippen MR) is 109 cm³/mol. The monoisotopic (exact) mass is 419 g/mol. The van der Waals surface area contributed by atoms with Crippen LogP contribution in [0.5, 0.6) is 0 Å². The average Bonchev–Trinajstić information content (AvgIpc) is 3.49. The fourth-order valence-electron chi connectivity index (χ4n) is 3.84. The minimum absolute atomic E-state index is 0.179. The van der Waals surface area contributed by atoms with Crippen molar-refractivity contribution in [3.63, 3.8) is 0 Å². The van der Waals surface area contributed by atoms with E-state index in [9.17, 15) is 9.18 Å². The second kappa shape index (κ2) is 9.71. The summed E-state index contributed by atoms with van der Waals surface area (Å²) < 4.78 is 24.1. The number of aromatic nitrogens is 2. The molecule has 156 valence electrons. The number of aryl methyl sites for hydroxylation is 1. The van der Waals surface area contributed by atoms with E-state index < -0.39 is 0 Å². The number of hydrogen-bond donors (Lipinski definition) is 0. The molecule has 3 heterocycles. The molecule has 6 nitrogen and oxygen atoms in total. The number of hydrogen-bond acceptors (Lipinski definition) is 6. The summed E-state index contributed by atoms with van der Waals surface area (Å²) in [4.78, 5) is 19.3. The quantitative estimate of drug-likeness (QED) is 0.650. The lowest BCUT2D eigenvalue weighted by molar-refractivity contribution is -0.135. The molecule has 2 fully saturated rings. The highest BCUT2D eigenvalue weighted by molar-refractivity contribution is 7.99. The molecule has 0 aliphatic carbocycles. The number of ether oxygens (including phenoxy) is 1. The van der Waals surface area contributed by atoms with E-state index in [1.807, 2.05) is 16.7 Å². The highest BCUT2D eigenvalue weighted by Gasteiger charge is 2.30. The first-order valence-electron chi connectivity index (χ1n) is 10.3. The topological polar surface area (TPSA) is 68.5 Å². The third-order valence-corrected chi connectivity index (χ3v) is 6.59. The van der Waals surface area contributed by atoms with E-state index in [1.54, 1.807) is 12.1 Å². The van der Waals surface area contributed by atoms with E-state index in [4.69, 9.17) is 9.26 Å². The van der Waals surface area contributed by atoms with Gasteiger partial charge in [0.1, 0.15) is 5.82 Å². The van der Waals surface area contributed by atoms with Crippen molar-refractivity contribution in [2.24, 2.45) is 0 Å². The number of carbonyl (C=O) groups excluding carboxylic acids is 1. The van der Waals surface area contributed by atoms with Crippen molar-refractivity contribution in [2.75, 3.05) is 24.7 Å². The first-order valence-corrected chi connectivity index (χ1v) is 11.4. The molecule has 0 spiro atoms. The van der Waals surface area contributed by atoms with Gasteiger partial charge in [0.05, 0.1) is 6.10 Å². The molecule has 29 heavy (non-hydrogen) atoms. The smallest absolute Gasteiger partial charge is 0.226 e. The Hall–Kier alpha value is -1.93. The van der Waals surface area contributed by atoms with Crippen LogP contribution in [0.2, 0.25) is 0 Å². The zero-order valence-corrected chi connectivity index (χ0v) is 17.2. The van der Waals surface area contributed by atoms with E-state index >= 15 is 0 Å². The molecule has 1 aromatic heterocycles. The molecular weight excluding hydrogens is 393 g/mol. The molecule has 0 N–H and O–H groups in total. The van der Waals surface area contributed by atoms with Crippen LogP contribution in [0.3, 0.4) is 0 Å². The van der Waals surface area contributed by atoms with E-state index in [0.717, 1.165) is 37.4 Å². The molecule has 4 rings (SSSR count). The van der Waals surface area contributed by atoms with E-state index in [0.29, 0.717) is 49.1 Å². The normalized spacial score (nSPS) is 21.6. The van der Waals surface area contributed by atoms with Crippen molar-refractivity contribution >= 4 is 17.7 Å². The first kappa shape index (κ1) is 20.3. The summed E-state index contributed by atoms with van der Waals surface area (Å²) in [6.45, 7) is 1.51. The van der Waals surface area contributed by atoms with Crippen LogP contribution in [-0.4, -0.2) is 57.8 Å². The summed E-state index contributed by atoms with van der Waals surface area (Å²) in [5.41, 5.74) is 0.707. The summed E-state index contributed by atoms with van der Waals surface area (Å²) in [6.07, 6.45) is 5.03. The van der Waals surface area contributed by atoms with Crippen LogP contribution >= 0.6 is 11.8 Å². The second-order valence-electron chi connectivity index (χ2n) is 7.57. The predicted octanol–water partition coefficient (Wildman–Crippen LogP) is 3.71. The van der Waals surface area contributed by atoms with Gasteiger partial charge >= 0.3 is 0 Å². The van der Waals surface area contributed by atoms with Crippen molar-refractivity contribution in [1.82, 2.24) is 15.0 Å². The average molecular weight is 420 g/mol. The molecule has 1 aromatic carbocycles. The molecule has 0 radical (unpaired) electrons. The molecular formula is C21H26FN3O3S. The van der Waals surface area contributed by atoms with Crippen LogP contribution in [-0.2, 0) is 16.0 Å². The third kappa shape index (κ3) is 5.36. The standard InChI is InChI=1S/C21H26FN3O3S/c22-16-8-6-15(7-9-16)21-23-19(28-24-21)4-1-5-20(26)25(17-10-12-29-14-17)13-18-3-2-11-27-18/h6-9,17-18H,1-5,10-14H2. The number of rotatable bonds is 8. The van der Waals surface area contributed by atoms with Gasteiger partial charge in [-0.3, -0.25) is 4.79 Å². The molecule has 2 aliphatic rings. The Balaban J connectivity index is 1.30. The molecule has 2 atom stereocenters. The van der Waals surface area contributed by atoms with Gasteiger partial charge in [0.15, 0.2) is 0 Å². The fraction of sp³-hybridized carbons (Fsp3) is 0.571. The van der Waals surface area contributed by atoms with Crippen molar-refractivity contribution in [3.8, 4) is 11.4 Å². The van der Waals surface area contributed by atoms with Gasteiger partial charge < -0.3 is 14.2 Å². The summed E-state index contributed by atoms with van der Waals surface area (Å²) >= 11 is 1.92. The van der Waals surface area contributed by atoms with Gasteiger partial charge in [-0.15, -0.1) is 0 Å². The number of thioether (sulfide) groups is 1. The zero-order chi connectivity index (χ0) is 20.1. The highest BCUT2D eigenvalue weighted by atomic mass is 32.2. The second-order valence-corrected chi connectivity index (χ2v) is 8.72. The Labute approximate surface area is 174 Å². The van der Waals surface area contributed by atoms with Crippen LogP contribution in [0.4, 0.5) is 4.39 Å². The fourth-order valence-corrected chi connectivity index (χ4v) is 5.06. The van der Waals surface area contributed by atoms with Crippen molar-refractivity contribution in [2.45, 2.75) is 50.7 Å². The van der Waals surface area contributed by atoms with Crippen LogP contribution in [0.15, 0.2) is 28.8 Å². The first-order chi connectivity index (χ1) is 14.2. The minimum Gasteiger partial charge on any atom is -0.376 e. The van der Waals surface area contributed by atoms with Crippen molar-refractivity contribution in [1.29, 1.82) is 0 Å². The van der Waals surface area contributed by atoms with Gasteiger partial charge in [0, 0.05) is 43.4 Å². The number of nitrogens with zero attached hydrogens (tertiary/aromatic N) is 3. The molecule has 1 amide bonds. The molecule has 0 bridgehead atoms. The Morgan fingerprint density at radius 2 is 2.14 bits per heavy atom. The Morgan fingerprint density at radius 3 is 2.86 bits per heavy atom. The van der Waals surface area contributed by atoms with Gasteiger partial charge in [-0.2, -0.15) is 16.7 Å². The molecule has 0 saturated carbocycles. The van der Waals surface area contributed by atoms with Crippen molar-refractivity contribution in [3.05, 3.63) is 36.0 Å². The van der Waals surface area contributed by atoms with Crippen LogP contribution in [0.25, 0.3) is 11.4 Å². The maximum Gasteiger partial charge on any atom is 0.226 e. The zero-order valence-electron chi connectivity index (χ0n) is 16.4. The van der Waals surface area contributed by atoms with Crippen LogP contribution in [0.1, 0.15) is 38.0 Å². The summed E-state index contributed by atoms with van der Waals surface area (Å²) in [6, 6.07) is 6.30. The van der Waals surface area contributed by atoms with Gasteiger partial charge in [0.25, 0.3) is 0 Å². The number of benzene rings is 1. The molecule has 2 aromatic rings. The van der Waals surface area contributed by atoms with Gasteiger partial charge in [-0.1, -0.05) is 5.16 Å². The molecule has 2 unspecified atom stereocenters. The van der Waals surface area contributed by atoms with Crippen molar-refractivity contribution < 1.29 is 18.4 Å². The summed E-state index contributed by atoms with van der Waals surface area (Å²) in [5, 5.41) is 3.96.